The first-order valence-electron chi connectivity index (χ1n) is 7.63. The van der Waals surface area contributed by atoms with E-state index in [-0.39, 0.29) is 5.56 Å². The Balaban J connectivity index is 1.71. The number of hydrogen-bond acceptors (Lipinski definition) is 4. The number of H-pyrrole nitrogens is 1. The van der Waals surface area contributed by atoms with E-state index in [0.717, 1.165) is 25.1 Å². The van der Waals surface area contributed by atoms with Crippen LogP contribution in [0.2, 0.25) is 0 Å². The zero-order chi connectivity index (χ0) is 15.6. The fourth-order valence-electron chi connectivity index (χ4n) is 2.94. The summed E-state index contributed by atoms with van der Waals surface area (Å²) in [6.07, 6.45) is 4.36. The number of fused-ring (bicyclic) bond motifs is 1. The van der Waals surface area contributed by atoms with Crippen LogP contribution < -0.4 is 10.5 Å². The number of pyridine rings is 1. The molecule has 0 bridgehead atoms. The predicted octanol–water partition coefficient (Wildman–Crippen LogP) is 2.39. The summed E-state index contributed by atoms with van der Waals surface area (Å²) in [4.78, 5) is 25.7. The average molecular weight is 304 g/mol. The highest BCUT2D eigenvalue weighted by molar-refractivity contribution is 5.59. The van der Waals surface area contributed by atoms with E-state index in [0.29, 0.717) is 11.6 Å². The third-order valence-electron chi connectivity index (χ3n) is 4.14. The molecule has 0 amide bonds. The van der Waals surface area contributed by atoms with Gasteiger partial charge in [-0.05, 0) is 29.7 Å². The van der Waals surface area contributed by atoms with Crippen molar-refractivity contribution in [2.75, 3.05) is 11.4 Å². The van der Waals surface area contributed by atoms with E-state index in [4.69, 9.17) is 0 Å². The third-order valence-corrected chi connectivity index (χ3v) is 4.14. The summed E-state index contributed by atoms with van der Waals surface area (Å²) in [6.45, 7) is 1.61. The Morgan fingerprint density at radius 1 is 1.04 bits per heavy atom. The molecule has 0 spiro atoms. The molecule has 0 aliphatic carbocycles. The number of nitrogens with one attached hydrogen (secondary N) is 1. The molecule has 3 heterocycles. The zero-order valence-electron chi connectivity index (χ0n) is 12.6. The molecule has 5 nitrogen and oxygen atoms in total. The van der Waals surface area contributed by atoms with Crippen LogP contribution in [0.1, 0.15) is 11.1 Å². The molecular weight excluding hydrogens is 288 g/mol. The van der Waals surface area contributed by atoms with Crippen LogP contribution in [0.5, 0.6) is 0 Å². The maximum absolute atomic E-state index is 12.0. The quantitative estimate of drug-likeness (QED) is 0.789. The minimum absolute atomic E-state index is 0.138. The highest BCUT2D eigenvalue weighted by atomic mass is 16.1. The second-order valence-electron chi connectivity index (χ2n) is 5.63. The molecule has 4 rings (SSSR count). The van der Waals surface area contributed by atoms with Crippen molar-refractivity contribution in [3.8, 4) is 11.3 Å². The first-order valence-corrected chi connectivity index (χ1v) is 7.63. The van der Waals surface area contributed by atoms with Crippen molar-refractivity contribution in [3.05, 3.63) is 76.3 Å². The molecule has 1 aliphatic rings. The van der Waals surface area contributed by atoms with Crippen LogP contribution in [-0.4, -0.2) is 21.5 Å². The van der Waals surface area contributed by atoms with E-state index in [1.54, 1.807) is 12.4 Å². The molecule has 0 radical (unpaired) electrons. The highest BCUT2D eigenvalue weighted by Gasteiger charge is 2.18. The number of aromatic nitrogens is 3. The van der Waals surface area contributed by atoms with Gasteiger partial charge in [0.25, 0.3) is 5.56 Å². The van der Waals surface area contributed by atoms with Gasteiger partial charge in [-0.25, -0.2) is 4.98 Å². The largest absolute Gasteiger partial charge is 0.338 e. The topological polar surface area (TPSA) is 61.9 Å². The number of anilines is 1. The van der Waals surface area contributed by atoms with Gasteiger partial charge in [-0.15, -0.1) is 0 Å². The normalized spacial score (nSPS) is 13.7. The molecule has 0 atom stereocenters. The second kappa shape index (κ2) is 5.68. The maximum atomic E-state index is 12.0. The fourth-order valence-corrected chi connectivity index (χ4v) is 2.94. The van der Waals surface area contributed by atoms with Crippen LogP contribution in [-0.2, 0) is 13.0 Å². The van der Waals surface area contributed by atoms with E-state index in [1.165, 1.54) is 17.2 Å². The molecule has 0 saturated heterocycles. The molecular formula is C18H16N4O. The molecule has 114 valence electrons. The summed E-state index contributed by atoms with van der Waals surface area (Å²) < 4.78 is 0. The van der Waals surface area contributed by atoms with Crippen molar-refractivity contribution >= 4 is 5.95 Å². The number of hydrogen-bond donors (Lipinski definition) is 1. The SMILES string of the molecule is O=c1cc(-c2ccncc2)nc(N2CCc3ccccc3C2)[nH]1. The van der Waals surface area contributed by atoms with Gasteiger partial charge in [-0.2, -0.15) is 0 Å². The predicted molar refractivity (Wildman–Crippen MR) is 89.3 cm³/mol. The van der Waals surface area contributed by atoms with Gasteiger partial charge in [-0.3, -0.25) is 14.8 Å². The van der Waals surface area contributed by atoms with Gasteiger partial charge >= 0.3 is 0 Å². The Labute approximate surface area is 133 Å². The van der Waals surface area contributed by atoms with Gasteiger partial charge in [0, 0.05) is 37.1 Å². The minimum Gasteiger partial charge on any atom is -0.338 e. The molecule has 1 N–H and O–H groups in total. The lowest BCUT2D eigenvalue weighted by molar-refractivity contribution is 0.706. The van der Waals surface area contributed by atoms with Crippen LogP contribution in [0.4, 0.5) is 5.95 Å². The minimum atomic E-state index is -0.138. The highest BCUT2D eigenvalue weighted by Crippen LogP contribution is 2.23. The second-order valence-corrected chi connectivity index (χ2v) is 5.63. The molecule has 1 aliphatic heterocycles. The number of aromatic amines is 1. The van der Waals surface area contributed by atoms with Gasteiger partial charge < -0.3 is 4.90 Å². The summed E-state index contributed by atoms with van der Waals surface area (Å²) in [5.41, 5.74) is 4.09. The molecule has 1 aromatic carbocycles. The Morgan fingerprint density at radius 3 is 2.65 bits per heavy atom. The summed E-state index contributed by atoms with van der Waals surface area (Å²) in [6, 6.07) is 13.7. The summed E-state index contributed by atoms with van der Waals surface area (Å²) >= 11 is 0. The van der Waals surface area contributed by atoms with Gasteiger partial charge in [-0.1, -0.05) is 24.3 Å². The van der Waals surface area contributed by atoms with E-state index >= 15 is 0 Å². The molecule has 0 unspecified atom stereocenters. The van der Waals surface area contributed by atoms with Crippen LogP contribution in [0.15, 0.2) is 59.7 Å². The standard InChI is InChI=1S/C18H16N4O/c23-17-11-16(14-5-8-19-9-6-14)20-18(21-17)22-10-7-13-3-1-2-4-15(13)12-22/h1-6,8-9,11H,7,10,12H2,(H,20,21,23). The number of benzene rings is 1. The third kappa shape index (κ3) is 2.73. The van der Waals surface area contributed by atoms with E-state index in [1.807, 2.05) is 18.2 Å². The monoisotopic (exact) mass is 304 g/mol. The van der Waals surface area contributed by atoms with Gasteiger partial charge in [0.2, 0.25) is 5.95 Å². The fraction of sp³-hybridized carbons (Fsp3) is 0.167. The van der Waals surface area contributed by atoms with Gasteiger partial charge in [0.1, 0.15) is 0 Å². The Bertz CT molecular complexity index is 889. The summed E-state index contributed by atoms with van der Waals surface area (Å²) in [7, 11) is 0. The Hall–Kier alpha value is -2.95. The van der Waals surface area contributed by atoms with Crippen molar-refractivity contribution in [1.29, 1.82) is 0 Å². The smallest absolute Gasteiger partial charge is 0.252 e. The van der Waals surface area contributed by atoms with E-state index in [9.17, 15) is 4.79 Å². The van der Waals surface area contributed by atoms with Crippen LogP contribution in [0.3, 0.4) is 0 Å². The van der Waals surface area contributed by atoms with Crippen molar-refractivity contribution < 1.29 is 0 Å². The first kappa shape index (κ1) is 13.7. The van der Waals surface area contributed by atoms with Crippen molar-refractivity contribution in [2.45, 2.75) is 13.0 Å². The summed E-state index contributed by atoms with van der Waals surface area (Å²) in [5, 5.41) is 0. The molecule has 23 heavy (non-hydrogen) atoms. The maximum Gasteiger partial charge on any atom is 0.252 e. The van der Waals surface area contributed by atoms with Crippen molar-refractivity contribution in [1.82, 2.24) is 15.0 Å². The lowest BCUT2D eigenvalue weighted by atomic mass is 10.0. The number of nitrogens with zero attached hydrogens (tertiary/aromatic N) is 3. The van der Waals surface area contributed by atoms with E-state index in [2.05, 4.69) is 38.1 Å². The van der Waals surface area contributed by atoms with Crippen molar-refractivity contribution in [3.63, 3.8) is 0 Å². The van der Waals surface area contributed by atoms with Crippen molar-refractivity contribution in [2.24, 2.45) is 0 Å². The lowest BCUT2D eigenvalue weighted by Crippen LogP contribution is -2.33. The molecule has 3 aromatic rings. The van der Waals surface area contributed by atoms with Crippen LogP contribution in [0.25, 0.3) is 11.3 Å². The Kier molecular flexibility index (Phi) is 3.38. The lowest BCUT2D eigenvalue weighted by Gasteiger charge is -2.29. The molecule has 2 aromatic heterocycles. The van der Waals surface area contributed by atoms with Crippen LogP contribution in [0, 0.1) is 0 Å². The van der Waals surface area contributed by atoms with Gasteiger partial charge in [0.05, 0.1) is 5.69 Å². The average Bonchev–Trinajstić information content (AvgIpc) is 2.61. The number of rotatable bonds is 2. The summed E-state index contributed by atoms with van der Waals surface area (Å²) in [5.74, 6) is 0.624. The van der Waals surface area contributed by atoms with E-state index < -0.39 is 0 Å². The Morgan fingerprint density at radius 2 is 1.83 bits per heavy atom. The molecule has 0 saturated carbocycles. The first-order chi connectivity index (χ1) is 11.3. The van der Waals surface area contributed by atoms with Gasteiger partial charge in [0.15, 0.2) is 0 Å². The molecule has 0 fully saturated rings. The zero-order valence-corrected chi connectivity index (χ0v) is 12.6. The van der Waals surface area contributed by atoms with Crippen LogP contribution >= 0.6 is 0 Å². The molecule has 5 heteroatoms.